The predicted octanol–water partition coefficient (Wildman–Crippen LogP) is 2.45. The van der Waals surface area contributed by atoms with Crippen LogP contribution in [-0.2, 0) is 11.3 Å². The number of carboxylic acids is 1. The molecule has 4 nitrogen and oxygen atoms in total. The topological polar surface area (TPSA) is 60.8 Å². The molecule has 2 rings (SSSR count). The van der Waals surface area contributed by atoms with E-state index in [1.165, 1.54) is 0 Å². The molecule has 0 heterocycles. The molecule has 1 fully saturated rings. The van der Waals surface area contributed by atoms with Crippen molar-refractivity contribution in [3.8, 4) is 5.75 Å². The van der Waals surface area contributed by atoms with Crippen molar-refractivity contribution in [2.24, 2.45) is 0 Å². The van der Waals surface area contributed by atoms with Gasteiger partial charge >= 0.3 is 5.97 Å². The Labute approximate surface area is 113 Å². The number of phenolic OH excluding ortho intramolecular Hbond substituents is 1. The van der Waals surface area contributed by atoms with E-state index >= 15 is 0 Å². The van der Waals surface area contributed by atoms with Gasteiger partial charge in [-0.15, -0.1) is 0 Å². The molecule has 0 saturated heterocycles. The maximum absolute atomic E-state index is 10.7. The molecule has 1 saturated carbocycles. The van der Waals surface area contributed by atoms with Gasteiger partial charge in [0.25, 0.3) is 0 Å². The van der Waals surface area contributed by atoms with Crippen molar-refractivity contribution in [2.45, 2.75) is 45.7 Å². The molecule has 104 valence electrons. The van der Waals surface area contributed by atoms with Gasteiger partial charge in [0.15, 0.2) is 0 Å². The van der Waals surface area contributed by atoms with Crippen LogP contribution in [0.15, 0.2) is 12.1 Å². The number of phenols is 1. The van der Waals surface area contributed by atoms with Crippen LogP contribution in [0.3, 0.4) is 0 Å². The van der Waals surface area contributed by atoms with Crippen LogP contribution in [0.1, 0.15) is 36.0 Å². The lowest BCUT2D eigenvalue weighted by Gasteiger charge is -2.22. The second-order valence-corrected chi connectivity index (χ2v) is 5.42. The Morgan fingerprint density at radius 3 is 2.37 bits per heavy atom. The zero-order valence-corrected chi connectivity index (χ0v) is 11.5. The van der Waals surface area contributed by atoms with Gasteiger partial charge in [-0.2, -0.15) is 0 Å². The zero-order valence-electron chi connectivity index (χ0n) is 11.5. The third-order valence-corrected chi connectivity index (χ3v) is 3.61. The van der Waals surface area contributed by atoms with E-state index in [4.69, 9.17) is 5.11 Å². The van der Waals surface area contributed by atoms with Gasteiger partial charge in [0.1, 0.15) is 5.75 Å². The maximum atomic E-state index is 10.7. The van der Waals surface area contributed by atoms with Crippen LogP contribution in [0, 0.1) is 13.8 Å². The summed E-state index contributed by atoms with van der Waals surface area (Å²) >= 11 is 0. The van der Waals surface area contributed by atoms with E-state index in [0.717, 1.165) is 36.1 Å². The number of carboxylic acid groups (broad SMARTS) is 1. The van der Waals surface area contributed by atoms with E-state index in [1.54, 1.807) is 0 Å². The quantitative estimate of drug-likeness (QED) is 0.827. The monoisotopic (exact) mass is 263 g/mol. The molecule has 0 atom stereocenters. The Hall–Kier alpha value is -1.55. The van der Waals surface area contributed by atoms with Crippen molar-refractivity contribution in [3.05, 3.63) is 28.8 Å². The van der Waals surface area contributed by atoms with Crippen molar-refractivity contribution < 1.29 is 15.0 Å². The van der Waals surface area contributed by atoms with E-state index in [0.29, 0.717) is 18.3 Å². The zero-order chi connectivity index (χ0) is 14.0. The second kappa shape index (κ2) is 5.61. The summed E-state index contributed by atoms with van der Waals surface area (Å²) in [5.74, 6) is -0.393. The van der Waals surface area contributed by atoms with Gasteiger partial charge in [0.05, 0.1) is 6.42 Å². The largest absolute Gasteiger partial charge is 0.507 e. The summed E-state index contributed by atoms with van der Waals surface area (Å²) in [7, 11) is 0. The summed E-state index contributed by atoms with van der Waals surface area (Å²) in [6.45, 7) is 5.15. The summed E-state index contributed by atoms with van der Waals surface area (Å²) in [6, 6.07) is 4.51. The number of rotatable bonds is 6. The van der Waals surface area contributed by atoms with Crippen LogP contribution in [0.25, 0.3) is 0 Å². The molecule has 1 aromatic rings. The standard InChI is InChI=1S/C15H21NO3/c1-10-7-12(8-11(2)15(10)19)9-16(13-3-4-13)6-5-14(17)18/h7-8,13,19H,3-6,9H2,1-2H3,(H,17,18). The van der Waals surface area contributed by atoms with Crippen LogP contribution in [-0.4, -0.2) is 33.7 Å². The van der Waals surface area contributed by atoms with Gasteiger partial charge < -0.3 is 10.2 Å². The summed E-state index contributed by atoms with van der Waals surface area (Å²) in [5.41, 5.74) is 2.90. The molecule has 0 bridgehead atoms. The van der Waals surface area contributed by atoms with Gasteiger partial charge in [0.2, 0.25) is 0 Å². The van der Waals surface area contributed by atoms with Crippen molar-refractivity contribution in [3.63, 3.8) is 0 Å². The maximum Gasteiger partial charge on any atom is 0.304 e. The molecule has 0 aromatic heterocycles. The lowest BCUT2D eigenvalue weighted by molar-refractivity contribution is -0.137. The minimum atomic E-state index is -0.747. The fraction of sp³-hybridized carbons (Fsp3) is 0.533. The van der Waals surface area contributed by atoms with Crippen LogP contribution in [0.4, 0.5) is 0 Å². The van der Waals surface area contributed by atoms with E-state index in [1.807, 2.05) is 26.0 Å². The van der Waals surface area contributed by atoms with Crippen LogP contribution in [0.2, 0.25) is 0 Å². The molecule has 4 heteroatoms. The highest BCUT2D eigenvalue weighted by Gasteiger charge is 2.29. The van der Waals surface area contributed by atoms with Crippen LogP contribution in [0.5, 0.6) is 5.75 Å². The Balaban J connectivity index is 2.06. The first-order valence-electron chi connectivity index (χ1n) is 6.72. The molecule has 2 N–H and O–H groups in total. The molecule has 1 aliphatic carbocycles. The molecule has 1 aliphatic rings. The molecular weight excluding hydrogens is 242 g/mol. The van der Waals surface area contributed by atoms with Crippen LogP contribution >= 0.6 is 0 Å². The smallest absolute Gasteiger partial charge is 0.304 e. The Kier molecular flexibility index (Phi) is 4.10. The Morgan fingerprint density at radius 2 is 1.89 bits per heavy atom. The molecule has 1 aromatic carbocycles. The summed E-state index contributed by atoms with van der Waals surface area (Å²) in [6.07, 6.45) is 2.51. The Bertz CT molecular complexity index is 457. The lowest BCUT2D eigenvalue weighted by Crippen LogP contribution is -2.28. The number of aliphatic carboxylic acids is 1. The molecule has 0 unspecified atom stereocenters. The second-order valence-electron chi connectivity index (χ2n) is 5.42. The van der Waals surface area contributed by atoms with Crippen molar-refractivity contribution >= 4 is 5.97 Å². The number of carbonyl (C=O) groups is 1. The van der Waals surface area contributed by atoms with E-state index in [-0.39, 0.29) is 6.42 Å². The average molecular weight is 263 g/mol. The average Bonchev–Trinajstić information content (AvgIpc) is 3.15. The third kappa shape index (κ3) is 3.70. The summed E-state index contributed by atoms with van der Waals surface area (Å²) in [4.78, 5) is 12.9. The molecule has 0 spiro atoms. The first-order chi connectivity index (χ1) is 8.97. The third-order valence-electron chi connectivity index (χ3n) is 3.61. The van der Waals surface area contributed by atoms with Gasteiger partial charge in [-0.05, 0) is 43.4 Å². The number of aryl methyl sites for hydroxylation is 2. The SMILES string of the molecule is Cc1cc(CN(CCC(=O)O)C2CC2)cc(C)c1O. The van der Waals surface area contributed by atoms with Crippen molar-refractivity contribution in [1.29, 1.82) is 0 Å². The van der Waals surface area contributed by atoms with E-state index in [2.05, 4.69) is 4.90 Å². The highest BCUT2D eigenvalue weighted by molar-refractivity contribution is 5.66. The van der Waals surface area contributed by atoms with Crippen molar-refractivity contribution in [1.82, 2.24) is 4.90 Å². The molecule has 0 radical (unpaired) electrons. The highest BCUT2D eigenvalue weighted by atomic mass is 16.4. The van der Waals surface area contributed by atoms with E-state index in [9.17, 15) is 9.90 Å². The van der Waals surface area contributed by atoms with Crippen molar-refractivity contribution in [2.75, 3.05) is 6.54 Å². The molecule has 19 heavy (non-hydrogen) atoms. The first kappa shape index (κ1) is 13.9. The minimum Gasteiger partial charge on any atom is -0.507 e. The lowest BCUT2D eigenvalue weighted by atomic mass is 10.1. The first-order valence-corrected chi connectivity index (χ1v) is 6.72. The molecule has 0 amide bonds. The Morgan fingerprint density at radius 1 is 1.32 bits per heavy atom. The summed E-state index contributed by atoms with van der Waals surface area (Å²) < 4.78 is 0. The van der Waals surface area contributed by atoms with Gasteiger partial charge in [0, 0.05) is 19.1 Å². The number of hydrogen-bond donors (Lipinski definition) is 2. The highest BCUT2D eigenvalue weighted by Crippen LogP contribution is 2.30. The van der Waals surface area contributed by atoms with Crippen LogP contribution < -0.4 is 0 Å². The predicted molar refractivity (Wildman–Crippen MR) is 73.3 cm³/mol. The number of benzene rings is 1. The van der Waals surface area contributed by atoms with Gasteiger partial charge in [-0.25, -0.2) is 0 Å². The van der Waals surface area contributed by atoms with Gasteiger partial charge in [-0.3, -0.25) is 9.69 Å². The molecular formula is C15H21NO3. The van der Waals surface area contributed by atoms with Gasteiger partial charge in [-0.1, -0.05) is 12.1 Å². The normalized spacial score (nSPS) is 14.9. The minimum absolute atomic E-state index is 0.187. The van der Waals surface area contributed by atoms with E-state index < -0.39 is 5.97 Å². The molecule has 0 aliphatic heterocycles. The number of aromatic hydroxyl groups is 1. The fourth-order valence-corrected chi connectivity index (χ4v) is 2.44. The number of hydrogen-bond acceptors (Lipinski definition) is 3. The number of nitrogens with zero attached hydrogens (tertiary/aromatic N) is 1. The fourth-order valence-electron chi connectivity index (χ4n) is 2.44. The summed E-state index contributed by atoms with van der Waals surface area (Å²) in [5, 5.41) is 18.6.